The summed E-state index contributed by atoms with van der Waals surface area (Å²) >= 11 is 0. The van der Waals surface area contributed by atoms with Gasteiger partial charge in [-0.05, 0) is 12.1 Å². The number of carbonyl (C=O) groups excluding carboxylic acids is 1. The highest BCUT2D eigenvalue weighted by atomic mass is 19.2. The third-order valence-electron chi connectivity index (χ3n) is 3.19. The van der Waals surface area contributed by atoms with E-state index in [2.05, 4.69) is 4.98 Å². The van der Waals surface area contributed by atoms with Crippen molar-refractivity contribution >= 4 is 22.7 Å². The summed E-state index contributed by atoms with van der Waals surface area (Å²) in [5.41, 5.74) is -2.06. The van der Waals surface area contributed by atoms with Crippen molar-refractivity contribution in [3.63, 3.8) is 0 Å². The van der Waals surface area contributed by atoms with Gasteiger partial charge in [0.2, 0.25) is 0 Å². The molecule has 0 unspecified atom stereocenters. The van der Waals surface area contributed by atoms with Crippen LogP contribution in [0.5, 0.6) is 0 Å². The van der Waals surface area contributed by atoms with Crippen LogP contribution < -0.4 is 5.56 Å². The monoisotopic (exact) mass is 311 g/mol. The Labute approximate surface area is 122 Å². The van der Waals surface area contributed by atoms with E-state index in [0.717, 1.165) is 12.1 Å². The number of halogens is 2. The molecule has 0 saturated heterocycles. The smallest absolute Gasteiger partial charge is 0.303 e. The van der Waals surface area contributed by atoms with E-state index in [1.54, 1.807) is 0 Å². The van der Waals surface area contributed by atoms with Gasteiger partial charge in [0.05, 0.1) is 24.1 Å². The quantitative estimate of drug-likeness (QED) is 0.722. The molecule has 0 aliphatic heterocycles. The van der Waals surface area contributed by atoms with Crippen molar-refractivity contribution in [2.24, 2.45) is 0 Å². The van der Waals surface area contributed by atoms with Gasteiger partial charge in [0.25, 0.3) is 5.56 Å². The molecule has 116 valence electrons. The highest BCUT2D eigenvalue weighted by Crippen LogP contribution is 2.23. The first-order valence-electron chi connectivity index (χ1n) is 6.25. The number of carboxylic acids is 1. The van der Waals surface area contributed by atoms with E-state index in [0.29, 0.717) is 0 Å². The Morgan fingerprint density at radius 2 is 1.86 bits per heavy atom. The van der Waals surface area contributed by atoms with E-state index in [9.17, 15) is 28.3 Å². The Balaban J connectivity index is 2.68. The lowest BCUT2D eigenvalue weighted by molar-refractivity contribution is -0.136. The topological polar surface area (TPSA) is 107 Å². The highest BCUT2D eigenvalue weighted by molar-refractivity contribution is 6.02. The van der Waals surface area contributed by atoms with E-state index in [4.69, 9.17) is 5.11 Å². The van der Waals surface area contributed by atoms with Crippen LogP contribution in [0.4, 0.5) is 8.78 Å². The van der Waals surface area contributed by atoms with Gasteiger partial charge in [-0.2, -0.15) is 0 Å². The predicted octanol–water partition coefficient (Wildman–Crippen LogP) is 1.35. The zero-order chi connectivity index (χ0) is 16.4. The van der Waals surface area contributed by atoms with Gasteiger partial charge in [0, 0.05) is 17.4 Å². The first-order valence-corrected chi connectivity index (χ1v) is 6.25. The average Bonchev–Trinajstić information content (AvgIpc) is 2.47. The van der Waals surface area contributed by atoms with Crippen LogP contribution in [0, 0.1) is 11.6 Å². The Bertz CT molecular complexity index is 828. The van der Waals surface area contributed by atoms with Gasteiger partial charge in [-0.3, -0.25) is 14.4 Å². The van der Waals surface area contributed by atoms with Crippen molar-refractivity contribution in [3.05, 3.63) is 45.2 Å². The fraction of sp³-hybridized carbons (Fsp3) is 0.214. The minimum absolute atomic E-state index is 0.0142. The molecular formula is C14H11F2NO5. The number of rotatable bonds is 5. The van der Waals surface area contributed by atoms with Gasteiger partial charge in [-0.15, -0.1) is 0 Å². The van der Waals surface area contributed by atoms with Gasteiger partial charge < -0.3 is 15.2 Å². The summed E-state index contributed by atoms with van der Waals surface area (Å²) in [5.74, 6) is -4.49. The number of pyridine rings is 1. The number of aromatic nitrogens is 1. The van der Waals surface area contributed by atoms with Gasteiger partial charge in [-0.1, -0.05) is 0 Å². The molecule has 0 bridgehead atoms. The van der Waals surface area contributed by atoms with Gasteiger partial charge in [-0.25, -0.2) is 8.78 Å². The number of aliphatic hydroxyl groups is 1. The molecule has 8 heteroatoms. The molecule has 1 heterocycles. The first kappa shape index (κ1) is 15.8. The maximum absolute atomic E-state index is 13.7. The Morgan fingerprint density at radius 1 is 1.18 bits per heavy atom. The number of ketones is 1. The van der Waals surface area contributed by atoms with Crippen LogP contribution in [0.3, 0.4) is 0 Å². The lowest BCUT2D eigenvalue weighted by atomic mass is 9.98. The third-order valence-corrected chi connectivity index (χ3v) is 3.19. The number of aliphatic hydroxyl groups excluding tert-OH is 1. The van der Waals surface area contributed by atoms with Gasteiger partial charge >= 0.3 is 5.97 Å². The van der Waals surface area contributed by atoms with Crippen molar-refractivity contribution in [3.8, 4) is 0 Å². The van der Waals surface area contributed by atoms with Crippen LogP contribution in [-0.4, -0.2) is 26.9 Å². The molecule has 0 spiro atoms. The Morgan fingerprint density at radius 3 is 2.45 bits per heavy atom. The number of nitrogens with one attached hydrogen (secondary N) is 1. The van der Waals surface area contributed by atoms with Crippen molar-refractivity contribution in [2.75, 3.05) is 0 Å². The van der Waals surface area contributed by atoms with E-state index in [1.165, 1.54) is 0 Å². The van der Waals surface area contributed by atoms with Crippen LogP contribution in [-0.2, 0) is 11.4 Å². The summed E-state index contributed by atoms with van der Waals surface area (Å²) in [6, 6.07) is 1.93. The molecule has 2 rings (SSSR count). The van der Waals surface area contributed by atoms with Crippen LogP contribution in [0.1, 0.15) is 28.8 Å². The van der Waals surface area contributed by atoms with E-state index < -0.39 is 59.5 Å². The maximum Gasteiger partial charge on any atom is 0.303 e. The second-order valence-electron chi connectivity index (χ2n) is 4.57. The lowest BCUT2D eigenvalue weighted by Gasteiger charge is -2.10. The van der Waals surface area contributed by atoms with Crippen LogP contribution in [0.2, 0.25) is 0 Å². The molecule has 0 aliphatic rings. The average molecular weight is 311 g/mol. The van der Waals surface area contributed by atoms with Crippen molar-refractivity contribution < 1.29 is 28.6 Å². The number of aliphatic carboxylic acids is 1. The number of hydrogen-bond donors (Lipinski definition) is 3. The minimum Gasteiger partial charge on any atom is -0.481 e. The number of fused-ring (bicyclic) bond motifs is 1. The van der Waals surface area contributed by atoms with E-state index >= 15 is 0 Å². The normalized spacial score (nSPS) is 10.9. The largest absolute Gasteiger partial charge is 0.481 e. The molecule has 0 fully saturated rings. The zero-order valence-corrected chi connectivity index (χ0v) is 11.2. The van der Waals surface area contributed by atoms with Gasteiger partial charge in [0.1, 0.15) is 0 Å². The molecule has 3 N–H and O–H groups in total. The van der Waals surface area contributed by atoms with Gasteiger partial charge in [0.15, 0.2) is 17.4 Å². The van der Waals surface area contributed by atoms with Crippen LogP contribution >= 0.6 is 0 Å². The predicted molar refractivity (Wildman–Crippen MR) is 71.6 cm³/mol. The second kappa shape index (κ2) is 6.02. The number of carbonyl (C=O) groups is 2. The Kier molecular flexibility index (Phi) is 4.32. The molecule has 6 nitrogen and oxygen atoms in total. The number of H-pyrrole nitrogens is 1. The standard InChI is InChI=1S/C14H11F2NO5/c15-8-2-1-6-7(5-18)11(9(19)3-4-10(20)21)14(22)17-13(6)12(8)16/h1-2,18H,3-5H2,(H,17,22)(H,20,21). The summed E-state index contributed by atoms with van der Waals surface area (Å²) in [5, 5.41) is 17.9. The molecule has 0 atom stereocenters. The molecule has 2 aromatic rings. The number of Topliss-reactive ketones (excluding diaryl/α,β-unsaturated/α-hetero) is 1. The first-order chi connectivity index (χ1) is 10.4. The highest BCUT2D eigenvalue weighted by Gasteiger charge is 2.21. The molecule has 0 saturated carbocycles. The second-order valence-corrected chi connectivity index (χ2v) is 4.57. The van der Waals surface area contributed by atoms with Crippen molar-refractivity contribution in [1.29, 1.82) is 0 Å². The summed E-state index contributed by atoms with van der Waals surface area (Å²) in [6.07, 6.45) is -0.931. The summed E-state index contributed by atoms with van der Waals surface area (Å²) < 4.78 is 26.9. The number of benzene rings is 1. The maximum atomic E-state index is 13.7. The molecule has 22 heavy (non-hydrogen) atoms. The molecule has 1 aromatic carbocycles. The van der Waals surface area contributed by atoms with Crippen molar-refractivity contribution in [2.45, 2.75) is 19.4 Å². The molecular weight excluding hydrogens is 300 g/mol. The third kappa shape index (κ3) is 2.73. The lowest BCUT2D eigenvalue weighted by Crippen LogP contribution is -2.22. The molecule has 0 radical (unpaired) electrons. The summed E-state index contributed by atoms with van der Waals surface area (Å²) in [4.78, 5) is 36.5. The van der Waals surface area contributed by atoms with Crippen molar-refractivity contribution in [1.82, 2.24) is 4.98 Å². The minimum atomic E-state index is -1.30. The SMILES string of the molecule is O=C(O)CCC(=O)c1c(CO)c2ccc(F)c(F)c2[nH]c1=O. The summed E-state index contributed by atoms with van der Waals surface area (Å²) in [6.45, 7) is -0.750. The fourth-order valence-electron chi connectivity index (χ4n) is 2.18. The van der Waals surface area contributed by atoms with Crippen LogP contribution in [0.25, 0.3) is 10.9 Å². The molecule has 1 aromatic heterocycles. The number of hydrogen-bond acceptors (Lipinski definition) is 4. The van der Waals surface area contributed by atoms with Crippen LogP contribution in [0.15, 0.2) is 16.9 Å². The Hall–Kier alpha value is -2.61. The van der Waals surface area contributed by atoms with E-state index in [1.807, 2.05) is 0 Å². The zero-order valence-electron chi connectivity index (χ0n) is 11.2. The molecule has 0 aliphatic carbocycles. The molecule has 0 amide bonds. The fourth-order valence-corrected chi connectivity index (χ4v) is 2.18. The van der Waals surface area contributed by atoms with E-state index in [-0.39, 0.29) is 10.9 Å². The summed E-state index contributed by atoms with van der Waals surface area (Å²) in [7, 11) is 0. The number of aromatic amines is 1. The number of carboxylic acid groups (broad SMARTS) is 1.